The van der Waals surface area contributed by atoms with Gasteiger partial charge in [-0.25, -0.2) is 4.79 Å². The third-order valence-electron chi connectivity index (χ3n) is 5.18. The molecule has 0 amide bonds. The second kappa shape index (κ2) is 5.55. The van der Waals surface area contributed by atoms with E-state index in [-0.39, 0.29) is 12.0 Å². The number of aliphatic hydroxyl groups is 1. The zero-order valence-corrected chi connectivity index (χ0v) is 12.6. The standard InChI is InChI=1S/C13H18F2O6S/c14-13(15,22-21-20-18)10(17)19-12-4-8-1-9(5-12)3-11(2-8,6-12)7-16/h8-9,16,18H,1-7H2/p-1. The van der Waals surface area contributed by atoms with E-state index in [0.29, 0.717) is 31.1 Å². The van der Waals surface area contributed by atoms with Crippen LogP contribution in [-0.4, -0.2) is 28.5 Å². The van der Waals surface area contributed by atoms with Crippen molar-refractivity contribution < 1.29 is 38.0 Å². The van der Waals surface area contributed by atoms with Crippen molar-refractivity contribution in [2.45, 2.75) is 49.4 Å². The quantitative estimate of drug-likeness (QED) is 0.338. The Morgan fingerprint density at radius 3 is 2.50 bits per heavy atom. The van der Waals surface area contributed by atoms with Gasteiger partial charge in [-0.2, -0.15) is 13.1 Å². The fourth-order valence-corrected chi connectivity index (χ4v) is 5.24. The second-order valence-electron chi connectivity index (χ2n) is 6.93. The van der Waals surface area contributed by atoms with Crippen LogP contribution >= 0.6 is 12.0 Å². The molecular formula is C13H17F2O6S-. The third-order valence-corrected chi connectivity index (χ3v) is 5.68. The van der Waals surface area contributed by atoms with Crippen LogP contribution in [0.4, 0.5) is 8.78 Å². The van der Waals surface area contributed by atoms with Gasteiger partial charge in [-0.05, 0) is 55.8 Å². The minimum atomic E-state index is -4.01. The highest BCUT2D eigenvalue weighted by atomic mass is 32.2. The van der Waals surface area contributed by atoms with Gasteiger partial charge in [0.05, 0.1) is 0 Å². The lowest BCUT2D eigenvalue weighted by atomic mass is 9.48. The van der Waals surface area contributed by atoms with E-state index < -0.39 is 28.9 Å². The van der Waals surface area contributed by atoms with Gasteiger partial charge in [-0.1, -0.05) is 0 Å². The molecule has 0 aliphatic heterocycles. The summed E-state index contributed by atoms with van der Waals surface area (Å²) in [4.78, 5) is 11.8. The normalized spacial score (nSPS) is 40.0. The summed E-state index contributed by atoms with van der Waals surface area (Å²) in [6.07, 6.45) is 4.23. The summed E-state index contributed by atoms with van der Waals surface area (Å²) in [5.74, 6) is -1.14. The fraction of sp³-hybridized carbons (Fsp3) is 0.923. The Bertz CT molecular complexity index is 446. The van der Waals surface area contributed by atoms with E-state index >= 15 is 0 Å². The summed E-state index contributed by atoms with van der Waals surface area (Å²) in [5, 5.41) is 18.2. The Balaban J connectivity index is 1.73. The van der Waals surface area contributed by atoms with Crippen LogP contribution in [0, 0.1) is 17.3 Å². The number of carbonyl (C=O) groups is 1. The molecule has 9 heteroatoms. The first-order chi connectivity index (χ1) is 10.3. The van der Waals surface area contributed by atoms with E-state index in [9.17, 15) is 23.9 Å². The van der Waals surface area contributed by atoms with Crippen molar-refractivity contribution in [1.82, 2.24) is 0 Å². The van der Waals surface area contributed by atoms with E-state index in [1.165, 1.54) is 0 Å². The predicted molar refractivity (Wildman–Crippen MR) is 67.7 cm³/mol. The maximum Gasteiger partial charge on any atom is 0.415 e. The number of hydrogen-bond acceptors (Lipinski definition) is 7. The van der Waals surface area contributed by atoms with Gasteiger partial charge in [0.25, 0.3) is 0 Å². The molecule has 1 N–H and O–H groups in total. The molecule has 6 nitrogen and oxygen atoms in total. The van der Waals surface area contributed by atoms with Crippen LogP contribution in [0.5, 0.6) is 0 Å². The molecule has 4 aliphatic carbocycles. The van der Waals surface area contributed by atoms with Gasteiger partial charge in [-0.15, -0.1) is 0 Å². The molecule has 4 saturated carbocycles. The van der Waals surface area contributed by atoms with Crippen LogP contribution in [0.3, 0.4) is 0 Å². The van der Waals surface area contributed by atoms with E-state index in [1.807, 2.05) is 0 Å². The van der Waals surface area contributed by atoms with Gasteiger partial charge in [-0.3, -0.25) is 5.04 Å². The Morgan fingerprint density at radius 1 is 1.32 bits per heavy atom. The average Bonchev–Trinajstić information content (AvgIpc) is 2.43. The lowest BCUT2D eigenvalue weighted by Crippen LogP contribution is -2.59. The van der Waals surface area contributed by atoms with Gasteiger partial charge in [0.15, 0.2) is 0 Å². The van der Waals surface area contributed by atoms with Crippen LogP contribution in [0.1, 0.15) is 38.5 Å². The number of carbonyl (C=O) groups excluding carboxylic acids is 1. The Morgan fingerprint density at radius 2 is 1.95 bits per heavy atom. The topological polar surface area (TPSA) is 88.1 Å². The molecule has 2 unspecified atom stereocenters. The highest BCUT2D eigenvalue weighted by Gasteiger charge is 2.61. The van der Waals surface area contributed by atoms with Crippen molar-refractivity contribution >= 4 is 18.0 Å². The monoisotopic (exact) mass is 339 g/mol. The first-order valence-corrected chi connectivity index (χ1v) is 7.93. The zero-order chi connectivity index (χ0) is 16.0. The molecule has 0 aromatic rings. The van der Waals surface area contributed by atoms with Crippen molar-refractivity contribution in [1.29, 1.82) is 0 Å². The fourth-order valence-electron chi connectivity index (χ4n) is 5.02. The van der Waals surface area contributed by atoms with Crippen LogP contribution in [-0.2, 0) is 18.9 Å². The van der Waals surface area contributed by atoms with Crippen LogP contribution in [0.15, 0.2) is 0 Å². The average molecular weight is 339 g/mol. The van der Waals surface area contributed by atoms with E-state index in [2.05, 4.69) is 9.37 Å². The van der Waals surface area contributed by atoms with E-state index in [1.54, 1.807) is 0 Å². The number of halogens is 2. The van der Waals surface area contributed by atoms with E-state index in [0.717, 1.165) is 19.3 Å². The van der Waals surface area contributed by atoms with Gasteiger partial charge in [0, 0.05) is 6.61 Å². The molecular weight excluding hydrogens is 322 g/mol. The largest absolute Gasteiger partial charge is 0.691 e. The first kappa shape index (κ1) is 16.4. The molecule has 2 atom stereocenters. The first-order valence-electron chi connectivity index (χ1n) is 7.19. The maximum absolute atomic E-state index is 13.6. The third kappa shape index (κ3) is 2.84. The van der Waals surface area contributed by atoms with Crippen molar-refractivity contribution in [2.24, 2.45) is 17.3 Å². The molecule has 0 heterocycles. The Labute approximate surface area is 130 Å². The smallest absolute Gasteiger partial charge is 0.415 e. The number of esters is 1. The molecule has 0 spiro atoms. The molecule has 4 rings (SSSR count). The molecule has 0 radical (unpaired) electrons. The number of rotatable bonds is 6. The van der Waals surface area contributed by atoms with E-state index in [4.69, 9.17) is 4.74 Å². The lowest BCUT2D eigenvalue weighted by molar-refractivity contribution is -0.777. The van der Waals surface area contributed by atoms with Gasteiger partial charge >= 0.3 is 11.2 Å². The molecule has 0 saturated heterocycles. The molecule has 22 heavy (non-hydrogen) atoms. The summed E-state index contributed by atoms with van der Waals surface area (Å²) in [6, 6.07) is 0. The van der Waals surface area contributed by atoms with Gasteiger partial charge in [0.1, 0.15) is 17.6 Å². The van der Waals surface area contributed by atoms with Crippen LogP contribution in [0.25, 0.3) is 0 Å². The molecule has 4 fully saturated rings. The number of hydrogen-bond donors (Lipinski definition) is 1. The highest BCUT2D eigenvalue weighted by molar-refractivity contribution is 7.96. The molecule has 0 aromatic heterocycles. The predicted octanol–water partition coefficient (Wildman–Crippen LogP) is 1.33. The summed E-state index contributed by atoms with van der Waals surface area (Å²) < 4.78 is 35.9. The summed E-state index contributed by atoms with van der Waals surface area (Å²) >= 11 is -0.672. The molecule has 4 bridgehead atoms. The molecule has 0 aromatic carbocycles. The van der Waals surface area contributed by atoms with Crippen molar-refractivity contribution in [3.05, 3.63) is 0 Å². The van der Waals surface area contributed by atoms with Crippen molar-refractivity contribution in [3.63, 3.8) is 0 Å². The number of ether oxygens (including phenoxy) is 1. The summed E-state index contributed by atoms with van der Waals surface area (Å²) in [7, 11) is 0. The Hall–Kier alpha value is -0.480. The molecule has 4 aliphatic rings. The summed E-state index contributed by atoms with van der Waals surface area (Å²) in [5.41, 5.74) is -1.26. The minimum absolute atomic E-state index is 0.0163. The number of aliphatic hydroxyl groups excluding tert-OH is 1. The summed E-state index contributed by atoms with van der Waals surface area (Å²) in [6.45, 7) is -0.0163. The van der Waals surface area contributed by atoms with Crippen molar-refractivity contribution in [2.75, 3.05) is 6.61 Å². The molecule has 126 valence electrons. The number of alkyl halides is 2. The zero-order valence-electron chi connectivity index (χ0n) is 11.8. The van der Waals surface area contributed by atoms with Crippen LogP contribution < -0.4 is 5.26 Å². The Kier molecular flexibility index (Phi) is 4.14. The van der Waals surface area contributed by atoms with Gasteiger partial charge < -0.3 is 15.1 Å². The minimum Gasteiger partial charge on any atom is -0.691 e. The van der Waals surface area contributed by atoms with Crippen molar-refractivity contribution in [3.8, 4) is 0 Å². The second-order valence-corrected chi connectivity index (χ2v) is 7.74. The SMILES string of the molecule is O=C(OC12CC3CC(CC(CO)(C3)C1)C2)C(F)(F)SOO[O-]. The highest BCUT2D eigenvalue weighted by Crippen LogP contribution is 2.62. The maximum atomic E-state index is 13.6. The van der Waals surface area contributed by atoms with Crippen LogP contribution in [0.2, 0.25) is 0 Å². The lowest BCUT2D eigenvalue weighted by Gasteiger charge is -2.60. The van der Waals surface area contributed by atoms with Gasteiger partial charge in [0.2, 0.25) is 0 Å².